The van der Waals surface area contributed by atoms with Crippen LogP contribution in [0.4, 0.5) is 10.1 Å². The van der Waals surface area contributed by atoms with Gasteiger partial charge in [-0.1, -0.05) is 18.2 Å². The van der Waals surface area contributed by atoms with Crippen LogP contribution in [0.3, 0.4) is 0 Å². The van der Waals surface area contributed by atoms with Crippen LogP contribution < -0.4 is 11.1 Å². The van der Waals surface area contributed by atoms with Gasteiger partial charge < -0.3 is 11.1 Å². The minimum Gasteiger partial charge on any atom is -0.399 e. The van der Waals surface area contributed by atoms with Gasteiger partial charge in [-0.3, -0.25) is 4.79 Å². The fraction of sp³-hybridized carbons (Fsp3) is 0.278. The number of anilines is 1. The molecule has 23 heavy (non-hydrogen) atoms. The summed E-state index contributed by atoms with van der Waals surface area (Å²) >= 11 is 0. The zero-order valence-electron chi connectivity index (χ0n) is 12.7. The third-order valence-corrected chi connectivity index (χ3v) is 4.07. The topological polar surface area (TPSA) is 55.1 Å². The number of nitrogens with one attached hydrogen (secondary N) is 1. The van der Waals surface area contributed by atoms with E-state index in [0.29, 0.717) is 5.56 Å². The van der Waals surface area contributed by atoms with Crippen LogP contribution in [0.2, 0.25) is 0 Å². The lowest BCUT2D eigenvalue weighted by Crippen LogP contribution is -2.32. The SMILES string of the molecule is Cl.Nc1ccc2c(c1)CCCC2NC(=O)Cc1cccc(F)c1. The molecule has 1 atom stereocenters. The van der Waals surface area contributed by atoms with Crippen molar-refractivity contribution in [3.05, 3.63) is 65.0 Å². The van der Waals surface area contributed by atoms with Crippen molar-refractivity contribution in [2.45, 2.75) is 31.7 Å². The van der Waals surface area contributed by atoms with Crippen molar-refractivity contribution in [1.82, 2.24) is 5.32 Å². The second-order valence-electron chi connectivity index (χ2n) is 5.78. The van der Waals surface area contributed by atoms with Gasteiger partial charge in [0.05, 0.1) is 12.5 Å². The summed E-state index contributed by atoms with van der Waals surface area (Å²) in [7, 11) is 0. The van der Waals surface area contributed by atoms with E-state index in [1.54, 1.807) is 12.1 Å². The van der Waals surface area contributed by atoms with Crippen LogP contribution >= 0.6 is 12.4 Å². The Hall–Kier alpha value is -2.07. The molecule has 0 radical (unpaired) electrons. The summed E-state index contributed by atoms with van der Waals surface area (Å²) in [5.41, 5.74) is 9.62. The van der Waals surface area contributed by atoms with Gasteiger partial charge in [-0.05, 0) is 60.2 Å². The molecule has 3 nitrogen and oxygen atoms in total. The minimum atomic E-state index is -0.316. The number of fused-ring (bicyclic) bond motifs is 1. The summed E-state index contributed by atoms with van der Waals surface area (Å²) in [6.45, 7) is 0. The molecular formula is C18H20ClFN2O. The number of nitrogens with two attached hydrogens (primary N) is 1. The van der Waals surface area contributed by atoms with Crippen molar-refractivity contribution in [3.8, 4) is 0 Å². The second-order valence-corrected chi connectivity index (χ2v) is 5.78. The Balaban J connectivity index is 0.00000192. The maximum absolute atomic E-state index is 13.2. The quantitative estimate of drug-likeness (QED) is 0.843. The lowest BCUT2D eigenvalue weighted by Gasteiger charge is -2.26. The van der Waals surface area contributed by atoms with E-state index in [2.05, 4.69) is 5.32 Å². The number of benzene rings is 2. The van der Waals surface area contributed by atoms with E-state index < -0.39 is 0 Å². The molecule has 0 saturated carbocycles. The smallest absolute Gasteiger partial charge is 0.224 e. The first-order valence-corrected chi connectivity index (χ1v) is 7.54. The molecule has 0 spiro atoms. The van der Waals surface area contributed by atoms with Gasteiger partial charge in [-0.25, -0.2) is 4.39 Å². The van der Waals surface area contributed by atoms with Gasteiger partial charge in [0.1, 0.15) is 5.82 Å². The molecule has 1 aliphatic carbocycles. The van der Waals surface area contributed by atoms with E-state index in [1.165, 1.54) is 17.7 Å². The third kappa shape index (κ3) is 4.23. The number of aryl methyl sites for hydroxylation is 1. The molecule has 2 aromatic rings. The molecule has 1 aliphatic rings. The number of carbonyl (C=O) groups excluding carboxylic acids is 1. The molecule has 2 aromatic carbocycles. The van der Waals surface area contributed by atoms with E-state index in [4.69, 9.17) is 5.73 Å². The highest BCUT2D eigenvalue weighted by molar-refractivity contribution is 5.85. The molecule has 5 heteroatoms. The average Bonchev–Trinajstić information content (AvgIpc) is 2.47. The average molecular weight is 335 g/mol. The molecule has 0 aliphatic heterocycles. The van der Waals surface area contributed by atoms with Crippen molar-refractivity contribution >= 4 is 24.0 Å². The number of halogens is 2. The highest BCUT2D eigenvalue weighted by Crippen LogP contribution is 2.31. The maximum Gasteiger partial charge on any atom is 0.224 e. The highest BCUT2D eigenvalue weighted by atomic mass is 35.5. The van der Waals surface area contributed by atoms with Gasteiger partial charge in [0.15, 0.2) is 0 Å². The molecule has 0 bridgehead atoms. The van der Waals surface area contributed by atoms with Crippen molar-refractivity contribution in [2.75, 3.05) is 5.73 Å². The van der Waals surface area contributed by atoms with E-state index >= 15 is 0 Å². The first-order valence-electron chi connectivity index (χ1n) is 7.54. The Kier molecular flexibility index (Phi) is 5.61. The van der Waals surface area contributed by atoms with Crippen LogP contribution in [0.1, 0.15) is 35.6 Å². The highest BCUT2D eigenvalue weighted by Gasteiger charge is 2.21. The lowest BCUT2D eigenvalue weighted by molar-refractivity contribution is -0.121. The van der Waals surface area contributed by atoms with Crippen molar-refractivity contribution in [3.63, 3.8) is 0 Å². The van der Waals surface area contributed by atoms with Crippen LogP contribution in [-0.4, -0.2) is 5.91 Å². The number of carbonyl (C=O) groups is 1. The van der Waals surface area contributed by atoms with Crippen molar-refractivity contribution < 1.29 is 9.18 Å². The number of amides is 1. The summed E-state index contributed by atoms with van der Waals surface area (Å²) in [6.07, 6.45) is 3.14. The molecule has 1 amide bonds. The molecule has 0 fully saturated rings. The Bertz CT molecular complexity index is 705. The van der Waals surface area contributed by atoms with Gasteiger partial charge in [0.2, 0.25) is 5.91 Å². The first-order chi connectivity index (χ1) is 10.6. The fourth-order valence-corrected chi connectivity index (χ4v) is 3.06. The summed E-state index contributed by atoms with van der Waals surface area (Å²) in [6, 6.07) is 12.0. The molecule has 1 unspecified atom stereocenters. The number of hydrogen-bond donors (Lipinski definition) is 2. The zero-order chi connectivity index (χ0) is 15.5. The number of nitrogen functional groups attached to an aromatic ring is 1. The third-order valence-electron chi connectivity index (χ3n) is 4.07. The van der Waals surface area contributed by atoms with Crippen LogP contribution in [0.5, 0.6) is 0 Å². The van der Waals surface area contributed by atoms with E-state index in [-0.39, 0.29) is 36.6 Å². The predicted molar refractivity (Wildman–Crippen MR) is 92.0 cm³/mol. The molecule has 0 saturated heterocycles. The Morgan fingerprint density at radius 2 is 2.09 bits per heavy atom. The van der Waals surface area contributed by atoms with Crippen molar-refractivity contribution in [2.24, 2.45) is 0 Å². The molecular weight excluding hydrogens is 315 g/mol. The van der Waals surface area contributed by atoms with Gasteiger partial charge >= 0.3 is 0 Å². The van der Waals surface area contributed by atoms with E-state index in [1.807, 2.05) is 18.2 Å². The van der Waals surface area contributed by atoms with Crippen LogP contribution in [0, 0.1) is 5.82 Å². The molecule has 0 aromatic heterocycles. The lowest BCUT2D eigenvalue weighted by atomic mass is 9.87. The monoisotopic (exact) mass is 334 g/mol. The Labute approximate surface area is 141 Å². The van der Waals surface area contributed by atoms with Crippen LogP contribution in [-0.2, 0) is 17.6 Å². The normalized spacial score (nSPS) is 16.1. The number of rotatable bonds is 3. The van der Waals surface area contributed by atoms with Crippen LogP contribution in [0.25, 0.3) is 0 Å². The van der Waals surface area contributed by atoms with E-state index in [0.717, 1.165) is 30.5 Å². The Morgan fingerprint density at radius 3 is 2.87 bits per heavy atom. The molecule has 3 N–H and O–H groups in total. The zero-order valence-corrected chi connectivity index (χ0v) is 13.5. The van der Waals surface area contributed by atoms with Crippen molar-refractivity contribution in [1.29, 1.82) is 0 Å². The summed E-state index contributed by atoms with van der Waals surface area (Å²) in [5, 5.41) is 3.06. The summed E-state index contributed by atoms with van der Waals surface area (Å²) < 4.78 is 13.2. The minimum absolute atomic E-state index is 0. The number of hydrogen-bond acceptors (Lipinski definition) is 2. The first kappa shape index (κ1) is 17.3. The van der Waals surface area contributed by atoms with Gasteiger partial charge in [0.25, 0.3) is 0 Å². The van der Waals surface area contributed by atoms with Gasteiger partial charge in [0, 0.05) is 5.69 Å². The molecule has 122 valence electrons. The van der Waals surface area contributed by atoms with Gasteiger partial charge in [-0.2, -0.15) is 0 Å². The summed E-state index contributed by atoms with van der Waals surface area (Å²) in [4.78, 5) is 12.2. The standard InChI is InChI=1S/C18H19FN2O.ClH/c19-14-5-1-3-12(9-14)10-18(22)21-17-6-2-4-13-11-15(20)7-8-16(13)17;/h1,3,5,7-9,11,17H,2,4,6,10,20H2,(H,21,22);1H. The van der Waals surface area contributed by atoms with Crippen LogP contribution in [0.15, 0.2) is 42.5 Å². The molecule has 3 rings (SSSR count). The summed E-state index contributed by atoms with van der Waals surface area (Å²) in [5.74, 6) is -0.399. The Morgan fingerprint density at radius 1 is 1.26 bits per heavy atom. The predicted octanol–water partition coefficient (Wildman–Crippen LogP) is 3.57. The fourth-order valence-electron chi connectivity index (χ4n) is 3.06. The largest absolute Gasteiger partial charge is 0.399 e. The molecule has 0 heterocycles. The van der Waals surface area contributed by atoms with Gasteiger partial charge in [-0.15, -0.1) is 12.4 Å². The second kappa shape index (κ2) is 7.47. The van der Waals surface area contributed by atoms with E-state index in [9.17, 15) is 9.18 Å². The maximum atomic E-state index is 13.2.